The van der Waals surface area contributed by atoms with Gasteiger partial charge in [0.1, 0.15) is 5.75 Å². The van der Waals surface area contributed by atoms with Crippen LogP contribution in [0.25, 0.3) is 0 Å². The monoisotopic (exact) mass is 277 g/mol. The first-order valence-corrected chi connectivity index (χ1v) is 7.22. The van der Waals surface area contributed by atoms with Crippen LogP contribution in [-0.4, -0.2) is 41.7 Å². The smallest absolute Gasteiger partial charge is 0.260 e. The number of carbonyl (C=O) groups excluding carboxylic acids is 1. The number of hydrogen-bond acceptors (Lipinski definition) is 3. The maximum Gasteiger partial charge on any atom is 0.260 e. The number of aryl methyl sites for hydroxylation is 2. The summed E-state index contributed by atoms with van der Waals surface area (Å²) >= 11 is 0. The van der Waals surface area contributed by atoms with E-state index in [9.17, 15) is 9.90 Å². The quantitative estimate of drug-likeness (QED) is 0.916. The normalized spacial score (nSPS) is 18.9. The fraction of sp³-hybridized carbons (Fsp3) is 0.562. The largest absolute Gasteiger partial charge is 0.484 e. The molecule has 1 N–H and O–H groups in total. The van der Waals surface area contributed by atoms with E-state index in [1.165, 1.54) is 5.56 Å². The second-order valence-corrected chi connectivity index (χ2v) is 5.45. The molecule has 0 radical (unpaired) electrons. The minimum atomic E-state index is -0.0420. The zero-order valence-corrected chi connectivity index (χ0v) is 12.3. The molecular weight excluding hydrogens is 254 g/mol. The molecule has 0 bridgehead atoms. The molecule has 4 heteroatoms. The lowest BCUT2D eigenvalue weighted by molar-refractivity contribution is -0.138. The van der Waals surface area contributed by atoms with Gasteiger partial charge in [0, 0.05) is 6.54 Å². The first-order chi connectivity index (χ1) is 9.61. The molecule has 1 amide bonds. The highest BCUT2D eigenvalue weighted by molar-refractivity contribution is 5.78. The number of aliphatic hydroxyl groups is 1. The predicted molar refractivity (Wildman–Crippen MR) is 77.8 cm³/mol. The molecule has 20 heavy (non-hydrogen) atoms. The maximum absolute atomic E-state index is 12.2. The molecule has 2 rings (SSSR count). The summed E-state index contributed by atoms with van der Waals surface area (Å²) in [5.74, 6) is 0.681. The molecule has 1 aromatic carbocycles. The molecule has 1 aliphatic rings. The van der Waals surface area contributed by atoms with E-state index in [2.05, 4.69) is 0 Å². The van der Waals surface area contributed by atoms with Crippen LogP contribution in [0.4, 0.5) is 0 Å². The highest BCUT2D eigenvalue weighted by Gasteiger charge is 2.26. The van der Waals surface area contributed by atoms with Crippen LogP contribution < -0.4 is 4.74 Å². The maximum atomic E-state index is 12.2. The summed E-state index contributed by atoms with van der Waals surface area (Å²) < 4.78 is 5.58. The van der Waals surface area contributed by atoms with Crippen molar-refractivity contribution in [2.24, 2.45) is 0 Å². The first-order valence-electron chi connectivity index (χ1n) is 7.22. The first kappa shape index (κ1) is 14.9. The number of aliphatic hydroxyl groups excluding tert-OH is 1. The van der Waals surface area contributed by atoms with E-state index in [0.29, 0.717) is 0 Å². The van der Waals surface area contributed by atoms with Crippen LogP contribution in [0.5, 0.6) is 5.75 Å². The van der Waals surface area contributed by atoms with Crippen LogP contribution in [0.2, 0.25) is 0 Å². The predicted octanol–water partition coefficient (Wildman–Crippen LogP) is 2.06. The van der Waals surface area contributed by atoms with Gasteiger partial charge >= 0.3 is 0 Å². The minimum Gasteiger partial charge on any atom is -0.484 e. The van der Waals surface area contributed by atoms with Gasteiger partial charge in [0.15, 0.2) is 6.61 Å². The molecule has 1 unspecified atom stereocenters. The summed E-state index contributed by atoms with van der Waals surface area (Å²) in [7, 11) is 0. The molecule has 4 nitrogen and oxygen atoms in total. The Hall–Kier alpha value is -1.55. The zero-order valence-electron chi connectivity index (χ0n) is 12.3. The lowest BCUT2D eigenvalue weighted by Crippen LogP contribution is -2.47. The van der Waals surface area contributed by atoms with Gasteiger partial charge in [-0.1, -0.05) is 6.07 Å². The Morgan fingerprint density at radius 3 is 2.85 bits per heavy atom. The van der Waals surface area contributed by atoms with E-state index in [4.69, 9.17) is 4.74 Å². The Morgan fingerprint density at radius 1 is 1.35 bits per heavy atom. The van der Waals surface area contributed by atoms with Gasteiger partial charge in [-0.25, -0.2) is 0 Å². The van der Waals surface area contributed by atoms with Crippen molar-refractivity contribution in [2.45, 2.75) is 39.2 Å². The van der Waals surface area contributed by atoms with Gasteiger partial charge in [0.25, 0.3) is 5.91 Å². The zero-order chi connectivity index (χ0) is 14.5. The van der Waals surface area contributed by atoms with E-state index in [0.717, 1.165) is 37.1 Å². The Bertz CT molecular complexity index is 473. The van der Waals surface area contributed by atoms with Crippen molar-refractivity contribution in [3.8, 4) is 5.75 Å². The van der Waals surface area contributed by atoms with Gasteiger partial charge in [-0.15, -0.1) is 0 Å². The molecule has 0 aromatic heterocycles. The molecular formula is C16H23NO3. The van der Waals surface area contributed by atoms with Gasteiger partial charge in [-0.2, -0.15) is 0 Å². The van der Waals surface area contributed by atoms with Gasteiger partial charge in [-0.3, -0.25) is 4.79 Å². The van der Waals surface area contributed by atoms with Crippen molar-refractivity contribution < 1.29 is 14.6 Å². The highest BCUT2D eigenvalue weighted by atomic mass is 16.5. The molecule has 110 valence electrons. The number of amides is 1. The van der Waals surface area contributed by atoms with Gasteiger partial charge in [0.2, 0.25) is 0 Å². The van der Waals surface area contributed by atoms with E-state index in [1.54, 1.807) is 4.90 Å². The van der Waals surface area contributed by atoms with Crippen LogP contribution in [0.15, 0.2) is 18.2 Å². The van der Waals surface area contributed by atoms with Gasteiger partial charge in [0.05, 0.1) is 12.6 Å². The van der Waals surface area contributed by atoms with Crippen molar-refractivity contribution in [3.05, 3.63) is 29.3 Å². The summed E-state index contributed by atoms with van der Waals surface area (Å²) in [5.41, 5.74) is 2.36. The highest BCUT2D eigenvalue weighted by Crippen LogP contribution is 2.19. The summed E-state index contributed by atoms with van der Waals surface area (Å²) in [4.78, 5) is 13.9. The third-order valence-electron chi connectivity index (χ3n) is 4.00. The Kier molecular flexibility index (Phi) is 5.01. The molecule has 1 atom stereocenters. The van der Waals surface area contributed by atoms with E-state index in [1.807, 2.05) is 32.0 Å². The lowest BCUT2D eigenvalue weighted by atomic mass is 10.0. The molecule has 1 fully saturated rings. The standard InChI is InChI=1S/C16H23NO3/c1-12-6-7-15(9-13(12)2)20-11-16(19)17-8-4-3-5-14(17)10-18/h6-7,9,14,18H,3-5,8,10-11H2,1-2H3. The minimum absolute atomic E-state index is 0.0371. The van der Waals surface area contributed by atoms with Crippen molar-refractivity contribution in [1.82, 2.24) is 4.90 Å². The lowest BCUT2D eigenvalue weighted by Gasteiger charge is -2.34. The van der Waals surface area contributed by atoms with Crippen LogP contribution in [0.1, 0.15) is 30.4 Å². The summed E-state index contributed by atoms with van der Waals surface area (Å²) in [6.45, 7) is 4.87. The summed E-state index contributed by atoms with van der Waals surface area (Å²) in [6, 6.07) is 5.78. The van der Waals surface area contributed by atoms with E-state index < -0.39 is 0 Å². The summed E-state index contributed by atoms with van der Waals surface area (Å²) in [5, 5.41) is 9.33. The fourth-order valence-electron chi connectivity index (χ4n) is 2.55. The number of nitrogens with zero attached hydrogens (tertiary/aromatic N) is 1. The molecule has 0 spiro atoms. The third kappa shape index (κ3) is 3.51. The molecule has 0 saturated carbocycles. The number of benzene rings is 1. The van der Waals surface area contributed by atoms with Crippen molar-refractivity contribution in [3.63, 3.8) is 0 Å². The van der Waals surface area contributed by atoms with Crippen LogP contribution in [0, 0.1) is 13.8 Å². The van der Waals surface area contributed by atoms with Gasteiger partial charge in [-0.05, 0) is 56.4 Å². The van der Waals surface area contributed by atoms with E-state index >= 15 is 0 Å². The Labute approximate surface area is 120 Å². The number of hydrogen-bond donors (Lipinski definition) is 1. The molecule has 0 aliphatic carbocycles. The Morgan fingerprint density at radius 2 is 2.15 bits per heavy atom. The Balaban J connectivity index is 1.92. The van der Waals surface area contributed by atoms with Crippen molar-refractivity contribution >= 4 is 5.91 Å². The SMILES string of the molecule is Cc1ccc(OCC(=O)N2CCCCC2CO)cc1C. The number of rotatable bonds is 4. The fourth-order valence-corrected chi connectivity index (χ4v) is 2.55. The van der Waals surface area contributed by atoms with Crippen molar-refractivity contribution in [2.75, 3.05) is 19.8 Å². The molecule has 1 aromatic rings. The second-order valence-electron chi connectivity index (χ2n) is 5.45. The number of carbonyl (C=O) groups is 1. The second kappa shape index (κ2) is 6.75. The third-order valence-corrected chi connectivity index (χ3v) is 4.00. The summed E-state index contributed by atoms with van der Waals surface area (Å²) in [6.07, 6.45) is 2.96. The number of piperidine rings is 1. The molecule has 1 heterocycles. The van der Waals surface area contributed by atoms with Crippen LogP contribution in [0.3, 0.4) is 0 Å². The molecule has 1 saturated heterocycles. The van der Waals surface area contributed by atoms with Crippen LogP contribution in [-0.2, 0) is 4.79 Å². The van der Waals surface area contributed by atoms with Gasteiger partial charge < -0.3 is 14.7 Å². The number of ether oxygens (including phenoxy) is 1. The van der Waals surface area contributed by atoms with E-state index in [-0.39, 0.29) is 25.2 Å². The van der Waals surface area contributed by atoms with Crippen molar-refractivity contribution in [1.29, 1.82) is 0 Å². The average molecular weight is 277 g/mol. The average Bonchev–Trinajstić information content (AvgIpc) is 2.48. The topological polar surface area (TPSA) is 49.8 Å². The molecule has 1 aliphatic heterocycles. The van der Waals surface area contributed by atoms with Crippen LogP contribution >= 0.6 is 0 Å². The number of likely N-dealkylation sites (tertiary alicyclic amines) is 1.